The molecule has 0 amide bonds. The fourth-order valence-electron chi connectivity index (χ4n) is 6.24. The molecular weight excluding hydrogens is 538 g/mol. The third kappa shape index (κ3) is 7.31. The lowest BCUT2D eigenvalue weighted by molar-refractivity contribution is 0.188. The lowest BCUT2D eigenvalue weighted by Gasteiger charge is -2.30. The zero-order valence-corrected chi connectivity index (χ0v) is 25.9. The molecule has 2 heterocycles. The van der Waals surface area contributed by atoms with E-state index in [4.69, 9.17) is 12.2 Å². The molecule has 7 heteroatoms. The Balaban J connectivity index is 1.23. The maximum absolute atomic E-state index is 13.8. The van der Waals surface area contributed by atoms with E-state index in [1.807, 2.05) is 33.4 Å². The van der Waals surface area contributed by atoms with Crippen LogP contribution in [0.5, 0.6) is 0 Å². The maximum Gasteiger partial charge on any atom is 0.329 e. The van der Waals surface area contributed by atoms with Crippen LogP contribution in [0.1, 0.15) is 69.2 Å². The van der Waals surface area contributed by atoms with E-state index in [9.17, 15) is 4.79 Å². The molecule has 1 atom stereocenters. The van der Waals surface area contributed by atoms with Gasteiger partial charge in [-0.05, 0) is 93.1 Å². The molecule has 0 saturated carbocycles. The van der Waals surface area contributed by atoms with Crippen molar-refractivity contribution in [2.45, 2.75) is 64.6 Å². The number of para-hydroxylation sites is 2. The van der Waals surface area contributed by atoms with Crippen LogP contribution in [0.2, 0.25) is 0 Å². The molecule has 3 aromatic carbocycles. The number of likely N-dealkylation sites (tertiary alicyclic amines) is 1. The molecule has 1 saturated heterocycles. The topological polar surface area (TPSA) is 54.2 Å². The summed E-state index contributed by atoms with van der Waals surface area (Å²) in [5, 5.41) is 7.57. The van der Waals surface area contributed by atoms with E-state index >= 15 is 0 Å². The first-order valence-corrected chi connectivity index (χ1v) is 16.0. The van der Waals surface area contributed by atoms with Gasteiger partial charge in [-0.1, -0.05) is 86.6 Å². The zero-order chi connectivity index (χ0) is 29.3. The minimum atomic E-state index is -0.0386. The van der Waals surface area contributed by atoms with Crippen molar-refractivity contribution >= 4 is 28.4 Å². The minimum absolute atomic E-state index is 0.0386. The van der Waals surface area contributed by atoms with Crippen molar-refractivity contribution in [3.63, 3.8) is 0 Å². The predicted molar refractivity (Wildman–Crippen MR) is 178 cm³/mol. The summed E-state index contributed by atoms with van der Waals surface area (Å²) in [4.78, 5) is 16.4. The molecular formula is C35H45N5OS. The molecule has 0 radical (unpaired) electrons. The Morgan fingerprint density at radius 1 is 0.881 bits per heavy atom. The van der Waals surface area contributed by atoms with E-state index in [2.05, 4.69) is 90.0 Å². The van der Waals surface area contributed by atoms with Crippen molar-refractivity contribution in [1.29, 1.82) is 0 Å². The van der Waals surface area contributed by atoms with Crippen LogP contribution in [0.3, 0.4) is 0 Å². The van der Waals surface area contributed by atoms with E-state index in [0.29, 0.717) is 11.7 Å². The zero-order valence-electron chi connectivity index (χ0n) is 25.0. The summed E-state index contributed by atoms with van der Waals surface area (Å²) in [7, 11) is 0. The average molecular weight is 584 g/mol. The molecule has 1 unspecified atom stereocenters. The summed E-state index contributed by atoms with van der Waals surface area (Å²) in [6.07, 6.45) is 5.23. The second-order valence-corrected chi connectivity index (χ2v) is 12.1. The summed E-state index contributed by atoms with van der Waals surface area (Å²) < 4.78 is 4.02. The SMILES string of the molecule is CCC(CCNC(=S)NC(c1ccccc1)c1ccccc1)n1c(=O)n(CCCN2CCC(C)CC2)c2ccccc21. The van der Waals surface area contributed by atoms with Crippen molar-refractivity contribution in [3.05, 3.63) is 107 Å². The Labute approximate surface area is 255 Å². The Bertz CT molecular complexity index is 1430. The number of imidazole rings is 1. The van der Waals surface area contributed by atoms with E-state index in [1.54, 1.807) is 0 Å². The van der Waals surface area contributed by atoms with E-state index < -0.39 is 0 Å². The van der Waals surface area contributed by atoms with Gasteiger partial charge in [0.15, 0.2) is 5.11 Å². The van der Waals surface area contributed by atoms with E-state index in [-0.39, 0.29) is 17.8 Å². The Morgan fingerprint density at radius 2 is 1.48 bits per heavy atom. The number of nitrogens with zero attached hydrogens (tertiary/aromatic N) is 3. The molecule has 5 rings (SSSR count). The number of thiocarbonyl (C=S) groups is 1. The summed E-state index contributed by atoms with van der Waals surface area (Å²) in [6, 6.07) is 29.1. The molecule has 1 aliphatic heterocycles. The Morgan fingerprint density at radius 3 is 2.10 bits per heavy atom. The van der Waals surface area contributed by atoms with Gasteiger partial charge in [-0.2, -0.15) is 0 Å². The fraction of sp³-hybridized carbons (Fsp3) is 0.429. The van der Waals surface area contributed by atoms with Crippen molar-refractivity contribution in [3.8, 4) is 0 Å². The van der Waals surface area contributed by atoms with Gasteiger partial charge in [-0.15, -0.1) is 0 Å². The van der Waals surface area contributed by atoms with Crippen LogP contribution >= 0.6 is 12.2 Å². The average Bonchev–Trinajstić information content (AvgIpc) is 3.30. The van der Waals surface area contributed by atoms with Gasteiger partial charge in [0.2, 0.25) is 0 Å². The molecule has 6 nitrogen and oxygen atoms in total. The molecule has 4 aromatic rings. The number of benzene rings is 3. The van der Waals surface area contributed by atoms with Crippen LogP contribution in [0.15, 0.2) is 89.7 Å². The number of piperidine rings is 1. The normalized spacial score (nSPS) is 15.2. The summed E-state index contributed by atoms with van der Waals surface area (Å²) in [6.45, 7) is 9.35. The number of nitrogens with one attached hydrogen (secondary N) is 2. The number of aryl methyl sites for hydroxylation is 1. The fourth-order valence-corrected chi connectivity index (χ4v) is 6.46. The van der Waals surface area contributed by atoms with E-state index in [0.717, 1.165) is 60.4 Å². The number of rotatable bonds is 12. The minimum Gasteiger partial charge on any atom is -0.363 e. The molecule has 0 bridgehead atoms. The number of hydrogen-bond donors (Lipinski definition) is 2. The third-order valence-corrected chi connectivity index (χ3v) is 9.00. The van der Waals surface area contributed by atoms with Crippen LogP contribution in [0.4, 0.5) is 0 Å². The maximum atomic E-state index is 13.8. The van der Waals surface area contributed by atoms with Gasteiger partial charge in [0.25, 0.3) is 0 Å². The standard InChI is InChI=1S/C35H45N5OS/c1-3-30(19-22-36-34(42)37-33(28-13-6-4-7-14-28)29-15-8-5-9-16-29)40-32-18-11-10-17-31(32)39(35(40)41)24-12-23-38-25-20-27(2)21-26-38/h4-11,13-18,27,30,33H,3,12,19-26H2,1-2H3,(H2,36,37,42). The molecule has 0 spiro atoms. The lowest BCUT2D eigenvalue weighted by Crippen LogP contribution is -2.39. The molecule has 42 heavy (non-hydrogen) atoms. The van der Waals surface area contributed by atoms with Gasteiger partial charge in [-0.3, -0.25) is 9.13 Å². The van der Waals surface area contributed by atoms with Crippen molar-refractivity contribution in [1.82, 2.24) is 24.7 Å². The van der Waals surface area contributed by atoms with Gasteiger partial charge < -0.3 is 15.5 Å². The highest BCUT2D eigenvalue weighted by Crippen LogP contribution is 2.24. The monoisotopic (exact) mass is 583 g/mol. The molecule has 2 N–H and O–H groups in total. The van der Waals surface area contributed by atoms with Crippen LogP contribution in [-0.4, -0.2) is 45.3 Å². The Hall–Kier alpha value is -3.42. The van der Waals surface area contributed by atoms with Crippen molar-refractivity contribution in [2.24, 2.45) is 5.92 Å². The molecule has 0 aliphatic carbocycles. The van der Waals surface area contributed by atoms with E-state index in [1.165, 1.54) is 25.9 Å². The first kappa shape index (κ1) is 30.1. The second kappa shape index (κ2) is 14.7. The highest BCUT2D eigenvalue weighted by molar-refractivity contribution is 7.80. The first-order valence-electron chi connectivity index (χ1n) is 15.6. The van der Waals surface area contributed by atoms with Crippen LogP contribution in [-0.2, 0) is 6.54 Å². The summed E-state index contributed by atoms with van der Waals surface area (Å²) >= 11 is 5.75. The third-order valence-electron chi connectivity index (χ3n) is 8.74. The first-order chi connectivity index (χ1) is 20.5. The number of aromatic nitrogens is 2. The highest BCUT2D eigenvalue weighted by Gasteiger charge is 2.21. The van der Waals surface area contributed by atoms with Crippen molar-refractivity contribution in [2.75, 3.05) is 26.2 Å². The van der Waals surface area contributed by atoms with Crippen LogP contribution < -0.4 is 16.3 Å². The van der Waals surface area contributed by atoms with Crippen LogP contribution in [0.25, 0.3) is 11.0 Å². The summed E-state index contributed by atoms with van der Waals surface area (Å²) in [5.74, 6) is 0.835. The smallest absolute Gasteiger partial charge is 0.329 e. The van der Waals surface area contributed by atoms with Crippen LogP contribution in [0, 0.1) is 5.92 Å². The van der Waals surface area contributed by atoms with Gasteiger partial charge in [0, 0.05) is 19.1 Å². The second-order valence-electron chi connectivity index (χ2n) is 11.7. The molecule has 1 aromatic heterocycles. The van der Waals surface area contributed by atoms with Gasteiger partial charge >= 0.3 is 5.69 Å². The quantitative estimate of drug-likeness (QED) is 0.186. The largest absolute Gasteiger partial charge is 0.363 e. The number of fused-ring (bicyclic) bond motifs is 1. The van der Waals surface area contributed by atoms with Gasteiger partial charge in [-0.25, -0.2) is 4.79 Å². The predicted octanol–water partition coefficient (Wildman–Crippen LogP) is 6.52. The number of hydrogen-bond acceptors (Lipinski definition) is 3. The van der Waals surface area contributed by atoms with Gasteiger partial charge in [0.1, 0.15) is 0 Å². The highest BCUT2D eigenvalue weighted by atomic mass is 32.1. The lowest BCUT2D eigenvalue weighted by atomic mass is 9.99. The van der Waals surface area contributed by atoms with Gasteiger partial charge in [0.05, 0.1) is 17.1 Å². The molecule has 1 fully saturated rings. The summed E-state index contributed by atoms with van der Waals surface area (Å²) in [5.41, 5.74) is 4.48. The molecule has 222 valence electrons. The van der Waals surface area contributed by atoms with Crippen molar-refractivity contribution < 1.29 is 0 Å². The Kier molecular flexibility index (Phi) is 10.5. The molecule has 1 aliphatic rings.